The highest BCUT2D eigenvalue weighted by Crippen LogP contribution is 2.35. The molecule has 0 spiro atoms. The summed E-state index contributed by atoms with van der Waals surface area (Å²) >= 11 is 0. The van der Waals surface area contributed by atoms with Gasteiger partial charge in [-0.05, 0) is 31.9 Å². The number of hydrogen-bond acceptors (Lipinski definition) is 2. The average Bonchev–Trinajstić information content (AvgIpc) is 2.63. The van der Waals surface area contributed by atoms with Gasteiger partial charge < -0.3 is 9.67 Å². The molecular weight excluding hydrogens is 202 g/mol. The van der Waals surface area contributed by atoms with Crippen LogP contribution < -0.4 is 0 Å². The first kappa shape index (κ1) is 11.4. The van der Waals surface area contributed by atoms with Crippen molar-refractivity contribution in [3.05, 3.63) is 24.0 Å². The van der Waals surface area contributed by atoms with E-state index >= 15 is 0 Å². The van der Waals surface area contributed by atoms with Crippen molar-refractivity contribution in [2.24, 2.45) is 13.0 Å². The van der Waals surface area contributed by atoms with Gasteiger partial charge in [-0.15, -0.1) is 0 Å². The van der Waals surface area contributed by atoms with Gasteiger partial charge in [0.1, 0.15) is 0 Å². The first-order valence-corrected chi connectivity index (χ1v) is 5.90. The molecule has 88 valence electrons. The largest absolute Gasteiger partial charge is 0.389 e. The minimum Gasteiger partial charge on any atom is -0.389 e. The van der Waals surface area contributed by atoms with E-state index in [1.54, 1.807) is 6.92 Å². The van der Waals surface area contributed by atoms with Crippen molar-refractivity contribution in [1.29, 1.82) is 0 Å². The molecule has 1 aliphatic rings. The summed E-state index contributed by atoms with van der Waals surface area (Å²) in [4.78, 5) is 12.3. The molecule has 1 heterocycles. The predicted molar refractivity (Wildman–Crippen MR) is 62.3 cm³/mol. The summed E-state index contributed by atoms with van der Waals surface area (Å²) in [5, 5.41) is 10.3. The Labute approximate surface area is 96.1 Å². The molecule has 0 radical (unpaired) electrons. The maximum absolute atomic E-state index is 12.3. The molecule has 2 atom stereocenters. The van der Waals surface area contributed by atoms with Gasteiger partial charge in [-0.2, -0.15) is 0 Å². The van der Waals surface area contributed by atoms with E-state index in [1.807, 2.05) is 29.9 Å². The maximum Gasteiger partial charge on any atom is 0.185 e. The quantitative estimate of drug-likeness (QED) is 0.777. The van der Waals surface area contributed by atoms with Gasteiger partial charge in [0.05, 0.1) is 17.2 Å². The zero-order valence-electron chi connectivity index (χ0n) is 9.94. The van der Waals surface area contributed by atoms with Crippen LogP contribution in [0.25, 0.3) is 0 Å². The molecule has 1 aliphatic carbocycles. The highest BCUT2D eigenvalue weighted by atomic mass is 16.3. The lowest BCUT2D eigenvalue weighted by molar-refractivity contribution is -0.0214. The number of aryl methyl sites for hydroxylation is 1. The standard InChI is InChI=1S/C13H19NO2/c1-13(16)8-4-3-6-10(13)12(15)11-7-5-9-14(11)2/h5,7,9-10,16H,3-4,6,8H2,1-2H3/t10-,13-/m1/s1. The molecule has 16 heavy (non-hydrogen) atoms. The summed E-state index contributed by atoms with van der Waals surface area (Å²) in [6, 6.07) is 3.69. The maximum atomic E-state index is 12.3. The molecule has 2 rings (SSSR count). The van der Waals surface area contributed by atoms with Crippen LogP contribution in [0.5, 0.6) is 0 Å². The lowest BCUT2D eigenvalue weighted by Gasteiger charge is -2.36. The number of ketones is 1. The first-order chi connectivity index (χ1) is 7.52. The third-order valence-corrected chi connectivity index (χ3v) is 3.69. The Kier molecular flexibility index (Phi) is 2.89. The number of rotatable bonds is 2. The third-order valence-electron chi connectivity index (χ3n) is 3.69. The normalized spacial score (nSPS) is 30.3. The third kappa shape index (κ3) is 1.92. The van der Waals surface area contributed by atoms with Gasteiger partial charge in [0.15, 0.2) is 5.78 Å². The van der Waals surface area contributed by atoms with Crippen LogP contribution in [0.1, 0.15) is 43.1 Å². The molecule has 1 aromatic heterocycles. The Balaban J connectivity index is 2.24. The molecule has 0 saturated heterocycles. The minimum atomic E-state index is -0.834. The van der Waals surface area contributed by atoms with Crippen molar-refractivity contribution in [3.8, 4) is 0 Å². The van der Waals surface area contributed by atoms with Crippen LogP contribution >= 0.6 is 0 Å². The Morgan fingerprint density at radius 1 is 1.56 bits per heavy atom. The van der Waals surface area contributed by atoms with E-state index in [4.69, 9.17) is 0 Å². The lowest BCUT2D eigenvalue weighted by Crippen LogP contribution is -2.42. The lowest BCUT2D eigenvalue weighted by atomic mass is 9.74. The second kappa shape index (κ2) is 4.06. The second-order valence-corrected chi connectivity index (χ2v) is 5.02. The summed E-state index contributed by atoms with van der Waals surface area (Å²) in [5.74, 6) is -0.160. The molecule has 0 unspecified atom stereocenters. The molecule has 0 aromatic carbocycles. The van der Waals surface area contributed by atoms with E-state index < -0.39 is 5.60 Å². The number of nitrogens with zero attached hydrogens (tertiary/aromatic N) is 1. The Morgan fingerprint density at radius 3 is 2.88 bits per heavy atom. The molecule has 1 fully saturated rings. The minimum absolute atomic E-state index is 0.0807. The number of hydrogen-bond donors (Lipinski definition) is 1. The number of aromatic nitrogens is 1. The van der Waals surface area contributed by atoms with E-state index in [1.165, 1.54) is 0 Å². The molecule has 3 heteroatoms. The molecular formula is C13H19NO2. The van der Waals surface area contributed by atoms with E-state index in [0.717, 1.165) is 25.7 Å². The summed E-state index contributed by atoms with van der Waals surface area (Å²) in [6.45, 7) is 1.79. The molecule has 3 nitrogen and oxygen atoms in total. The molecule has 1 saturated carbocycles. The monoisotopic (exact) mass is 221 g/mol. The number of Topliss-reactive ketones (excluding diaryl/α,β-unsaturated/α-hetero) is 1. The zero-order chi connectivity index (χ0) is 11.8. The zero-order valence-corrected chi connectivity index (χ0v) is 9.94. The van der Waals surface area contributed by atoms with Crippen molar-refractivity contribution in [2.45, 2.75) is 38.2 Å². The average molecular weight is 221 g/mol. The fourth-order valence-electron chi connectivity index (χ4n) is 2.63. The summed E-state index contributed by atoms with van der Waals surface area (Å²) < 4.78 is 1.83. The Morgan fingerprint density at radius 2 is 2.31 bits per heavy atom. The number of carbonyl (C=O) groups is 1. The fourth-order valence-corrected chi connectivity index (χ4v) is 2.63. The summed E-state index contributed by atoms with van der Waals surface area (Å²) in [6.07, 6.45) is 5.45. The van der Waals surface area contributed by atoms with Crippen LogP contribution in [-0.2, 0) is 7.05 Å². The molecule has 0 amide bonds. The van der Waals surface area contributed by atoms with Gasteiger partial charge in [0.25, 0.3) is 0 Å². The topological polar surface area (TPSA) is 42.2 Å². The Hall–Kier alpha value is -1.09. The van der Waals surface area contributed by atoms with E-state index in [2.05, 4.69) is 0 Å². The molecule has 1 N–H and O–H groups in total. The van der Waals surface area contributed by atoms with Crippen molar-refractivity contribution in [1.82, 2.24) is 4.57 Å². The SMILES string of the molecule is Cn1cccc1C(=O)[C@H]1CCCC[C@@]1(C)O. The van der Waals surface area contributed by atoms with Crippen molar-refractivity contribution >= 4 is 5.78 Å². The van der Waals surface area contributed by atoms with Crippen LogP contribution in [-0.4, -0.2) is 21.1 Å². The van der Waals surface area contributed by atoms with Crippen molar-refractivity contribution in [2.75, 3.05) is 0 Å². The molecule has 0 bridgehead atoms. The van der Waals surface area contributed by atoms with E-state index in [0.29, 0.717) is 5.69 Å². The van der Waals surface area contributed by atoms with Gasteiger partial charge in [0.2, 0.25) is 0 Å². The number of carbonyl (C=O) groups excluding carboxylic acids is 1. The van der Waals surface area contributed by atoms with Crippen LogP contribution in [0.15, 0.2) is 18.3 Å². The van der Waals surface area contributed by atoms with Gasteiger partial charge in [0, 0.05) is 13.2 Å². The van der Waals surface area contributed by atoms with Crippen LogP contribution in [0.4, 0.5) is 0 Å². The smallest absolute Gasteiger partial charge is 0.185 e. The van der Waals surface area contributed by atoms with Crippen LogP contribution in [0.3, 0.4) is 0 Å². The van der Waals surface area contributed by atoms with Gasteiger partial charge in [-0.1, -0.05) is 12.8 Å². The highest BCUT2D eigenvalue weighted by molar-refractivity contribution is 5.97. The van der Waals surface area contributed by atoms with Crippen LogP contribution in [0, 0.1) is 5.92 Å². The first-order valence-electron chi connectivity index (χ1n) is 5.90. The van der Waals surface area contributed by atoms with Gasteiger partial charge in [-0.25, -0.2) is 0 Å². The second-order valence-electron chi connectivity index (χ2n) is 5.02. The molecule has 0 aliphatic heterocycles. The van der Waals surface area contributed by atoms with E-state index in [9.17, 15) is 9.90 Å². The van der Waals surface area contributed by atoms with Crippen molar-refractivity contribution < 1.29 is 9.90 Å². The Bertz CT molecular complexity index is 392. The van der Waals surface area contributed by atoms with E-state index in [-0.39, 0.29) is 11.7 Å². The van der Waals surface area contributed by atoms with Crippen LogP contribution in [0.2, 0.25) is 0 Å². The van der Waals surface area contributed by atoms with Gasteiger partial charge >= 0.3 is 0 Å². The fraction of sp³-hybridized carbons (Fsp3) is 0.615. The van der Waals surface area contributed by atoms with Crippen molar-refractivity contribution in [3.63, 3.8) is 0 Å². The molecule has 1 aromatic rings. The summed E-state index contributed by atoms with van der Waals surface area (Å²) in [5.41, 5.74) is -0.133. The highest BCUT2D eigenvalue weighted by Gasteiger charge is 2.39. The predicted octanol–water partition coefficient (Wildman–Crippen LogP) is 2.15. The van der Waals surface area contributed by atoms with Gasteiger partial charge in [-0.3, -0.25) is 4.79 Å². The summed E-state index contributed by atoms with van der Waals surface area (Å²) in [7, 11) is 1.87. The number of aliphatic hydroxyl groups is 1.